The molecule has 1 heterocycles. The summed E-state index contributed by atoms with van der Waals surface area (Å²) < 4.78 is 2.49. The molecule has 0 radical (unpaired) electrons. The van der Waals surface area contributed by atoms with Crippen LogP contribution in [-0.4, -0.2) is 4.57 Å². The Morgan fingerprint density at radius 3 is 1.71 bits per heavy atom. The van der Waals surface area contributed by atoms with Gasteiger partial charge in [-0.2, -0.15) is 0 Å². The van der Waals surface area contributed by atoms with E-state index in [4.69, 9.17) is 0 Å². The van der Waals surface area contributed by atoms with Crippen molar-refractivity contribution in [2.75, 3.05) is 0 Å². The second-order valence-corrected chi connectivity index (χ2v) is 13.3. The van der Waals surface area contributed by atoms with Gasteiger partial charge in [0.25, 0.3) is 0 Å². The first-order chi connectivity index (χ1) is 23.8. The number of aromatic nitrogens is 1. The van der Waals surface area contributed by atoms with Crippen LogP contribution in [0.1, 0.15) is 11.1 Å². The van der Waals surface area contributed by atoms with E-state index in [0.717, 1.165) is 6.42 Å². The fourth-order valence-corrected chi connectivity index (χ4v) is 8.61. The van der Waals surface area contributed by atoms with Gasteiger partial charge in [-0.3, -0.25) is 0 Å². The van der Waals surface area contributed by atoms with Crippen molar-refractivity contribution in [1.29, 1.82) is 0 Å². The molecule has 0 spiro atoms. The van der Waals surface area contributed by atoms with E-state index in [0.29, 0.717) is 0 Å². The van der Waals surface area contributed by atoms with E-state index in [-0.39, 0.29) is 0 Å². The maximum Gasteiger partial charge on any atom is 0.0547 e. The van der Waals surface area contributed by atoms with Crippen molar-refractivity contribution in [3.63, 3.8) is 0 Å². The van der Waals surface area contributed by atoms with E-state index >= 15 is 0 Å². The molecule has 1 aliphatic carbocycles. The molecule has 10 aromatic rings. The molecule has 48 heavy (non-hydrogen) atoms. The molecule has 0 unspecified atom stereocenters. The minimum atomic E-state index is 0.940. The van der Waals surface area contributed by atoms with Gasteiger partial charge in [-0.05, 0) is 119 Å². The molecule has 0 atom stereocenters. The van der Waals surface area contributed by atoms with Gasteiger partial charge in [-0.1, -0.05) is 127 Å². The second kappa shape index (κ2) is 9.67. The summed E-state index contributed by atoms with van der Waals surface area (Å²) in [5.74, 6) is 0. The number of nitrogens with zero attached hydrogens (tertiary/aromatic N) is 1. The van der Waals surface area contributed by atoms with Crippen LogP contribution in [-0.2, 0) is 6.42 Å². The molecule has 0 saturated carbocycles. The van der Waals surface area contributed by atoms with Gasteiger partial charge < -0.3 is 4.57 Å². The van der Waals surface area contributed by atoms with Gasteiger partial charge >= 0.3 is 0 Å². The molecule has 1 nitrogen and oxygen atoms in total. The molecule has 9 aromatic carbocycles. The highest BCUT2D eigenvalue weighted by Gasteiger charge is 2.25. The normalized spacial score (nSPS) is 12.5. The Morgan fingerprint density at radius 1 is 0.354 bits per heavy atom. The zero-order chi connectivity index (χ0) is 31.3. The quantitative estimate of drug-likeness (QED) is 0.172. The second-order valence-electron chi connectivity index (χ2n) is 13.3. The van der Waals surface area contributed by atoms with Gasteiger partial charge in [-0.25, -0.2) is 0 Å². The predicted molar refractivity (Wildman–Crippen MR) is 204 cm³/mol. The predicted octanol–water partition coefficient (Wildman–Crippen LogP) is 12.6. The average Bonchev–Trinajstić information content (AvgIpc) is 3.69. The maximum atomic E-state index is 2.49. The van der Waals surface area contributed by atoms with Crippen molar-refractivity contribution in [1.82, 2.24) is 4.57 Å². The lowest BCUT2D eigenvalue weighted by Crippen LogP contribution is -1.98. The molecular weight excluding hydrogens is 579 g/mol. The van der Waals surface area contributed by atoms with Crippen LogP contribution in [0.4, 0.5) is 0 Å². The number of rotatable bonds is 2. The van der Waals surface area contributed by atoms with Gasteiger partial charge in [-0.15, -0.1) is 0 Å². The first kappa shape index (κ1) is 25.9. The molecule has 0 saturated heterocycles. The summed E-state index contributed by atoms with van der Waals surface area (Å²) in [6.45, 7) is 0. The molecule has 0 amide bonds. The van der Waals surface area contributed by atoms with Crippen LogP contribution in [0.15, 0.2) is 164 Å². The summed E-state index contributed by atoms with van der Waals surface area (Å²) in [6.07, 6.45) is 0.940. The standard InChI is InChI=1S/C47H29N/c1-2-12-30-26-47-45(23-29(30)11-1)40-19-9-10-20-46(40)48(47)33-27-41(43-24-31-13-3-4-14-34(31)44(43)28-33)32-21-22-39-37-17-6-5-15-35(37)36-16-7-8-18-38(36)42(39)25-32/h1-23,25-28H,24H2. The molecule has 1 heteroatoms. The summed E-state index contributed by atoms with van der Waals surface area (Å²) in [4.78, 5) is 0. The lowest BCUT2D eigenvalue weighted by molar-refractivity contribution is 1.17. The Morgan fingerprint density at radius 2 is 0.938 bits per heavy atom. The monoisotopic (exact) mass is 607 g/mol. The highest BCUT2D eigenvalue weighted by atomic mass is 15.0. The number of benzene rings is 9. The molecule has 1 aromatic heterocycles. The Labute approximate surface area is 277 Å². The maximum absolute atomic E-state index is 2.49. The lowest BCUT2D eigenvalue weighted by Gasteiger charge is -2.17. The number of para-hydroxylation sites is 1. The first-order valence-electron chi connectivity index (χ1n) is 16.8. The van der Waals surface area contributed by atoms with Gasteiger partial charge in [0.1, 0.15) is 0 Å². The molecular formula is C47H29N. The minimum Gasteiger partial charge on any atom is -0.309 e. The van der Waals surface area contributed by atoms with Crippen molar-refractivity contribution in [3.8, 4) is 27.9 Å². The summed E-state index contributed by atoms with van der Waals surface area (Å²) >= 11 is 0. The Bertz CT molecular complexity index is 2940. The van der Waals surface area contributed by atoms with Crippen LogP contribution < -0.4 is 0 Å². The molecule has 1 aliphatic rings. The lowest BCUT2D eigenvalue weighted by atomic mass is 9.90. The number of fused-ring (bicyclic) bond motifs is 13. The van der Waals surface area contributed by atoms with Gasteiger partial charge in [0, 0.05) is 16.5 Å². The third-order valence-corrected chi connectivity index (χ3v) is 10.8. The Hall–Kier alpha value is -6.18. The van der Waals surface area contributed by atoms with Crippen LogP contribution in [0.3, 0.4) is 0 Å². The smallest absolute Gasteiger partial charge is 0.0547 e. The third kappa shape index (κ3) is 3.56. The fraction of sp³-hybridized carbons (Fsp3) is 0.0213. The summed E-state index contributed by atoms with van der Waals surface area (Å²) in [5.41, 5.74) is 11.7. The molecule has 0 aliphatic heterocycles. The SMILES string of the molecule is c1ccc2c(c1)Cc1c(-c3ccc4c5ccccc5c5ccccc5c4c3)cc(-n3c4ccccc4c4cc5ccccc5cc43)cc1-2. The zero-order valence-electron chi connectivity index (χ0n) is 26.2. The van der Waals surface area contributed by atoms with E-state index in [1.54, 1.807) is 0 Å². The van der Waals surface area contributed by atoms with Crippen molar-refractivity contribution in [2.24, 2.45) is 0 Å². The van der Waals surface area contributed by atoms with Crippen LogP contribution in [0.25, 0.3) is 92.8 Å². The van der Waals surface area contributed by atoms with E-state index < -0.39 is 0 Å². The van der Waals surface area contributed by atoms with Crippen LogP contribution in [0.5, 0.6) is 0 Å². The van der Waals surface area contributed by atoms with Crippen molar-refractivity contribution >= 4 is 64.9 Å². The highest BCUT2D eigenvalue weighted by Crippen LogP contribution is 2.46. The van der Waals surface area contributed by atoms with Crippen molar-refractivity contribution in [2.45, 2.75) is 6.42 Å². The van der Waals surface area contributed by atoms with Crippen LogP contribution >= 0.6 is 0 Å². The third-order valence-electron chi connectivity index (χ3n) is 10.8. The largest absolute Gasteiger partial charge is 0.309 e. The first-order valence-corrected chi connectivity index (χ1v) is 16.8. The van der Waals surface area contributed by atoms with Gasteiger partial charge in [0.2, 0.25) is 0 Å². The Balaban J connectivity index is 1.24. The van der Waals surface area contributed by atoms with Crippen LogP contribution in [0.2, 0.25) is 0 Å². The molecule has 11 rings (SSSR count). The van der Waals surface area contributed by atoms with Crippen molar-refractivity contribution in [3.05, 3.63) is 175 Å². The van der Waals surface area contributed by atoms with Gasteiger partial charge in [0.05, 0.1) is 11.0 Å². The summed E-state index contributed by atoms with van der Waals surface area (Å²) in [7, 11) is 0. The highest BCUT2D eigenvalue weighted by molar-refractivity contribution is 6.26. The molecule has 222 valence electrons. The fourth-order valence-electron chi connectivity index (χ4n) is 8.61. The van der Waals surface area contributed by atoms with E-state index in [1.165, 1.54) is 104 Å². The topological polar surface area (TPSA) is 4.93 Å². The summed E-state index contributed by atoms with van der Waals surface area (Å²) in [6, 6.07) is 61.1. The number of hydrogen-bond donors (Lipinski definition) is 0. The van der Waals surface area contributed by atoms with E-state index in [1.807, 2.05) is 0 Å². The summed E-state index contributed by atoms with van der Waals surface area (Å²) in [5, 5.41) is 12.9. The van der Waals surface area contributed by atoms with Crippen molar-refractivity contribution < 1.29 is 0 Å². The average molecular weight is 608 g/mol. The van der Waals surface area contributed by atoms with E-state index in [2.05, 4.69) is 168 Å². The Kier molecular flexibility index (Phi) is 5.23. The molecule has 0 N–H and O–H groups in total. The van der Waals surface area contributed by atoms with Crippen LogP contribution in [0, 0.1) is 0 Å². The number of hydrogen-bond acceptors (Lipinski definition) is 0. The minimum absolute atomic E-state index is 0.940. The molecule has 0 bridgehead atoms. The van der Waals surface area contributed by atoms with E-state index in [9.17, 15) is 0 Å². The molecule has 0 fully saturated rings. The zero-order valence-corrected chi connectivity index (χ0v) is 26.2. The van der Waals surface area contributed by atoms with Gasteiger partial charge in [0.15, 0.2) is 0 Å².